The van der Waals surface area contributed by atoms with E-state index < -0.39 is 17.1 Å². The molecule has 1 aromatic rings. The second kappa shape index (κ2) is 9.52. The van der Waals surface area contributed by atoms with E-state index in [1.54, 1.807) is 13.1 Å². The highest BCUT2D eigenvalue weighted by Crippen LogP contribution is 2.44. The van der Waals surface area contributed by atoms with Crippen molar-refractivity contribution in [3.63, 3.8) is 0 Å². The first-order valence-corrected chi connectivity index (χ1v) is 12.5. The summed E-state index contributed by atoms with van der Waals surface area (Å²) in [7, 11) is 0. The van der Waals surface area contributed by atoms with Crippen LogP contribution in [-0.4, -0.2) is 79.7 Å². The van der Waals surface area contributed by atoms with E-state index in [-0.39, 0.29) is 43.0 Å². The van der Waals surface area contributed by atoms with E-state index in [2.05, 4.69) is 14.8 Å². The Kier molecular flexibility index (Phi) is 6.59. The summed E-state index contributed by atoms with van der Waals surface area (Å²) in [6.07, 6.45) is 5.47. The third-order valence-corrected chi connectivity index (χ3v) is 7.92. The second-order valence-corrected chi connectivity index (χ2v) is 10.2. The summed E-state index contributed by atoms with van der Waals surface area (Å²) in [4.78, 5) is 35.3. The number of hydrogen-bond donors (Lipinski definition) is 2. The first kappa shape index (κ1) is 24.2. The van der Waals surface area contributed by atoms with Gasteiger partial charge >= 0.3 is 0 Å². The monoisotopic (exact) mass is 504 g/mol. The molecule has 1 saturated carbocycles. The molecule has 2 saturated heterocycles. The molecule has 2 N–H and O–H groups in total. The zero-order valence-electron chi connectivity index (χ0n) is 19.7. The van der Waals surface area contributed by atoms with Crippen LogP contribution < -0.4 is 0 Å². The van der Waals surface area contributed by atoms with Gasteiger partial charge in [-0.2, -0.15) is 0 Å². The molecule has 5 rings (SSSR count). The van der Waals surface area contributed by atoms with E-state index in [0.717, 1.165) is 24.1 Å². The molecule has 2 atom stereocenters. The van der Waals surface area contributed by atoms with Crippen molar-refractivity contribution in [1.82, 2.24) is 19.7 Å². The van der Waals surface area contributed by atoms with Gasteiger partial charge in [-0.25, -0.2) is 4.39 Å². The number of aliphatic hydroxyl groups is 1. The van der Waals surface area contributed by atoms with Crippen molar-refractivity contribution in [2.75, 3.05) is 32.7 Å². The van der Waals surface area contributed by atoms with Crippen molar-refractivity contribution in [1.29, 1.82) is 0 Å². The number of aromatic hydroxyl groups is 1. The maximum atomic E-state index is 15.3. The SMILES string of the molecule is Cc1ncc(CN2CCN(C3=C(F)CC4C(=O)C(C(=O)Cl)CN(C5CC5)C4=C3)CC2)c(CO)c1O. The van der Waals surface area contributed by atoms with E-state index in [1.807, 2.05) is 11.0 Å². The number of aromatic nitrogens is 1. The van der Waals surface area contributed by atoms with Crippen molar-refractivity contribution < 1.29 is 24.2 Å². The molecule has 3 heterocycles. The minimum Gasteiger partial charge on any atom is -0.506 e. The van der Waals surface area contributed by atoms with Crippen LogP contribution in [0, 0.1) is 18.8 Å². The van der Waals surface area contributed by atoms with Crippen LogP contribution in [0.4, 0.5) is 4.39 Å². The Hall–Kier alpha value is -2.49. The number of carbonyl (C=O) groups excluding carboxylic acids is 2. The number of halogens is 2. The largest absolute Gasteiger partial charge is 0.506 e. The third-order valence-electron chi connectivity index (χ3n) is 7.66. The van der Waals surface area contributed by atoms with Crippen LogP contribution in [0.25, 0.3) is 0 Å². The molecule has 0 aromatic carbocycles. The lowest BCUT2D eigenvalue weighted by Gasteiger charge is -2.43. The van der Waals surface area contributed by atoms with Gasteiger partial charge in [0, 0.05) is 69.2 Å². The number of rotatable bonds is 6. The number of nitrogens with zero attached hydrogens (tertiary/aromatic N) is 4. The fourth-order valence-corrected chi connectivity index (χ4v) is 5.63. The molecule has 4 aliphatic rings. The molecule has 8 nitrogen and oxygen atoms in total. The number of Topliss-reactive ketones (excluding diaryl/α,β-unsaturated/α-hetero) is 1. The Morgan fingerprint density at radius 1 is 1.26 bits per heavy atom. The molecule has 2 unspecified atom stereocenters. The van der Waals surface area contributed by atoms with Crippen LogP contribution in [0.3, 0.4) is 0 Å². The molecule has 188 valence electrons. The lowest BCUT2D eigenvalue weighted by Crippen LogP contribution is -2.50. The predicted octanol–water partition coefficient (Wildman–Crippen LogP) is 2.22. The molecule has 3 fully saturated rings. The number of pyridine rings is 1. The third kappa shape index (κ3) is 4.57. The summed E-state index contributed by atoms with van der Waals surface area (Å²) >= 11 is 5.71. The Bertz CT molecular complexity index is 1110. The molecular formula is C25H30ClFN4O4. The number of likely N-dealkylation sites (tertiary alicyclic amines) is 1. The van der Waals surface area contributed by atoms with Gasteiger partial charge in [-0.15, -0.1) is 0 Å². The average molecular weight is 505 g/mol. The van der Waals surface area contributed by atoms with Gasteiger partial charge in [0.25, 0.3) is 0 Å². The summed E-state index contributed by atoms with van der Waals surface area (Å²) in [6, 6.07) is 0.287. The smallest absolute Gasteiger partial charge is 0.233 e. The van der Waals surface area contributed by atoms with Crippen LogP contribution in [0.5, 0.6) is 5.75 Å². The standard InChI is InChI=1S/C25H30ClFN4O4/c1-14-23(33)19(13-32)15(10-28-14)11-29-4-6-30(7-5-29)22-9-21-17(8-20(22)27)24(34)18(25(26)35)12-31(21)16-2-3-16/h9-10,16-18,32-33H,2-8,11-13H2,1H3. The number of hydrogen-bond acceptors (Lipinski definition) is 8. The van der Waals surface area contributed by atoms with E-state index in [9.17, 15) is 19.8 Å². The van der Waals surface area contributed by atoms with Gasteiger partial charge in [-0.3, -0.25) is 19.5 Å². The van der Waals surface area contributed by atoms with Gasteiger partial charge in [0.2, 0.25) is 5.24 Å². The van der Waals surface area contributed by atoms with Crippen molar-refractivity contribution in [3.05, 3.63) is 46.3 Å². The second-order valence-electron chi connectivity index (χ2n) is 9.88. The highest BCUT2D eigenvalue weighted by atomic mass is 35.5. The van der Waals surface area contributed by atoms with Gasteiger partial charge in [-0.05, 0) is 43.0 Å². The molecule has 2 aliphatic carbocycles. The molecular weight excluding hydrogens is 475 g/mol. The van der Waals surface area contributed by atoms with E-state index >= 15 is 4.39 Å². The lowest BCUT2D eigenvalue weighted by molar-refractivity contribution is -0.134. The van der Waals surface area contributed by atoms with Crippen molar-refractivity contribution in [2.24, 2.45) is 11.8 Å². The maximum Gasteiger partial charge on any atom is 0.233 e. The number of aryl methyl sites for hydroxylation is 1. The number of carbonyl (C=O) groups is 2. The quantitative estimate of drug-likeness (QED) is 0.449. The Morgan fingerprint density at radius 3 is 2.60 bits per heavy atom. The van der Waals surface area contributed by atoms with Crippen molar-refractivity contribution >= 4 is 22.6 Å². The number of fused-ring (bicyclic) bond motifs is 1. The highest BCUT2D eigenvalue weighted by Gasteiger charge is 2.47. The first-order chi connectivity index (χ1) is 16.8. The van der Waals surface area contributed by atoms with E-state index in [4.69, 9.17) is 11.6 Å². The number of aliphatic hydroxyl groups excluding tert-OH is 1. The molecule has 0 spiro atoms. The average Bonchev–Trinajstić information content (AvgIpc) is 3.68. The van der Waals surface area contributed by atoms with E-state index in [1.165, 1.54) is 0 Å². The van der Waals surface area contributed by atoms with Crippen molar-refractivity contribution in [3.8, 4) is 5.75 Å². The number of piperidine rings is 1. The van der Waals surface area contributed by atoms with Crippen LogP contribution in [0.2, 0.25) is 0 Å². The molecule has 1 aromatic heterocycles. The van der Waals surface area contributed by atoms with Crippen LogP contribution in [-0.2, 0) is 22.7 Å². The van der Waals surface area contributed by atoms with Crippen LogP contribution in [0.15, 0.2) is 29.5 Å². The zero-order chi connectivity index (χ0) is 24.9. The summed E-state index contributed by atoms with van der Waals surface area (Å²) < 4.78 is 15.3. The maximum absolute atomic E-state index is 15.3. The highest BCUT2D eigenvalue weighted by molar-refractivity contribution is 6.65. The van der Waals surface area contributed by atoms with Gasteiger partial charge < -0.3 is 20.0 Å². The van der Waals surface area contributed by atoms with Crippen molar-refractivity contribution in [2.45, 2.75) is 45.4 Å². The normalized spacial score (nSPS) is 25.6. The Labute approximate surface area is 208 Å². The molecule has 35 heavy (non-hydrogen) atoms. The molecule has 0 amide bonds. The van der Waals surface area contributed by atoms with Gasteiger partial charge in [0.1, 0.15) is 17.5 Å². The van der Waals surface area contributed by atoms with Crippen LogP contribution >= 0.6 is 11.6 Å². The fourth-order valence-electron chi connectivity index (χ4n) is 5.45. The summed E-state index contributed by atoms with van der Waals surface area (Å²) in [5, 5.41) is 19.3. The fraction of sp³-hybridized carbons (Fsp3) is 0.560. The zero-order valence-corrected chi connectivity index (χ0v) is 20.5. The number of allylic oxidation sites excluding steroid dienone is 3. The van der Waals surface area contributed by atoms with Crippen LogP contribution in [0.1, 0.15) is 36.1 Å². The number of piperazine rings is 1. The lowest BCUT2D eigenvalue weighted by atomic mass is 9.80. The molecule has 2 aliphatic heterocycles. The van der Waals surface area contributed by atoms with Gasteiger partial charge in [-0.1, -0.05) is 0 Å². The predicted molar refractivity (Wildman–Crippen MR) is 127 cm³/mol. The van der Waals surface area contributed by atoms with E-state index in [0.29, 0.717) is 49.7 Å². The Morgan fingerprint density at radius 2 is 1.97 bits per heavy atom. The minimum absolute atomic E-state index is 0.0274. The van der Waals surface area contributed by atoms with Gasteiger partial charge in [0.05, 0.1) is 23.9 Å². The number of ketones is 1. The minimum atomic E-state index is -0.892. The Balaban J connectivity index is 1.30. The summed E-state index contributed by atoms with van der Waals surface area (Å²) in [6.45, 7) is 4.82. The van der Waals surface area contributed by atoms with Gasteiger partial charge in [0.15, 0.2) is 5.78 Å². The first-order valence-electron chi connectivity index (χ1n) is 12.1. The topological polar surface area (TPSA) is 97.2 Å². The summed E-state index contributed by atoms with van der Waals surface area (Å²) in [5.41, 5.74) is 3.10. The summed E-state index contributed by atoms with van der Waals surface area (Å²) in [5.74, 6) is -2.12. The molecule has 0 radical (unpaired) electrons. The molecule has 10 heteroatoms. The molecule has 0 bridgehead atoms.